The van der Waals surface area contributed by atoms with Crippen LogP contribution < -0.4 is 14.8 Å². The normalized spacial score (nSPS) is 20.0. The summed E-state index contributed by atoms with van der Waals surface area (Å²) in [4.78, 5) is 13.9. The summed E-state index contributed by atoms with van der Waals surface area (Å²) in [5, 5.41) is 11.9. The van der Waals surface area contributed by atoms with Gasteiger partial charge in [-0.05, 0) is 18.4 Å². The van der Waals surface area contributed by atoms with Crippen LogP contribution in [0.2, 0.25) is 0 Å². The molecular formula is C18H29ClN2O4. The Kier molecular flexibility index (Phi) is 9.03. The van der Waals surface area contributed by atoms with E-state index in [9.17, 15) is 4.79 Å². The van der Waals surface area contributed by atoms with Crippen LogP contribution in [0.4, 0.5) is 0 Å². The van der Waals surface area contributed by atoms with Gasteiger partial charge in [-0.2, -0.15) is 0 Å². The Hall–Kier alpha value is -1.50. The molecule has 0 saturated carbocycles. The molecule has 25 heavy (non-hydrogen) atoms. The Morgan fingerprint density at radius 3 is 2.68 bits per heavy atom. The number of methoxy groups -OCH3 is 2. The van der Waals surface area contributed by atoms with E-state index in [1.807, 2.05) is 18.2 Å². The van der Waals surface area contributed by atoms with Crippen molar-refractivity contribution in [2.75, 3.05) is 33.9 Å². The minimum atomic E-state index is -0.459. The molecule has 6 nitrogen and oxygen atoms in total. The molecule has 1 amide bonds. The van der Waals surface area contributed by atoms with Crippen LogP contribution in [0.1, 0.15) is 25.3 Å². The van der Waals surface area contributed by atoms with Gasteiger partial charge >= 0.3 is 0 Å². The molecular weight excluding hydrogens is 344 g/mol. The van der Waals surface area contributed by atoms with Crippen molar-refractivity contribution in [3.05, 3.63) is 23.8 Å². The van der Waals surface area contributed by atoms with Crippen LogP contribution in [0.3, 0.4) is 0 Å². The van der Waals surface area contributed by atoms with Gasteiger partial charge in [0.2, 0.25) is 5.91 Å². The Bertz CT molecular complexity index is 556. The summed E-state index contributed by atoms with van der Waals surface area (Å²) in [6.07, 6.45) is 2.13. The molecule has 1 aliphatic heterocycles. The number of rotatable bonds is 8. The lowest BCUT2D eigenvalue weighted by molar-refractivity contribution is -0.124. The lowest BCUT2D eigenvalue weighted by Gasteiger charge is -2.19. The molecule has 1 aliphatic rings. The maximum Gasteiger partial charge on any atom is 0.245 e. The van der Waals surface area contributed by atoms with Crippen LogP contribution in [0.25, 0.3) is 0 Å². The van der Waals surface area contributed by atoms with Crippen LogP contribution >= 0.6 is 12.4 Å². The molecule has 0 radical (unpaired) electrons. The quantitative estimate of drug-likeness (QED) is 0.728. The van der Waals surface area contributed by atoms with Crippen molar-refractivity contribution in [1.82, 2.24) is 10.2 Å². The molecule has 1 heterocycles. The zero-order chi connectivity index (χ0) is 17.5. The molecule has 2 N–H and O–H groups in total. The van der Waals surface area contributed by atoms with E-state index in [4.69, 9.17) is 14.6 Å². The number of carbonyl (C=O) groups excluding carboxylic acids is 1. The van der Waals surface area contributed by atoms with E-state index in [1.54, 1.807) is 14.2 Å². The highest BCUT2D eigenvalue weighted by Crippen LogP contribution is 2.33. The van der Waals surface area contributed by atoms with Crippen molar-refractivity contribution in [2.24, 2.45) is 5.92 Å². The zero-order valence-electron chi connectivity index (χ0n) is 15.2. The molecule has 0 spiro atoms. The van der Waals surface area contributed by atoms with Crippen LogP contribution in [0.5, 0.6) is 11.5 Å². The number of ether oxygens (including phenoxy) is 2. The second-order valence-corrected chi connectivity index (χ2v) is 6.23. The minimum absolute atomic E-state index is 0. The average molecular weight is 373 g/mol. The van der Waals surface area contributed by atoms with E-state index in [0.29, 0.717) is 5.92 Å². The number of likely N-dealkylation sites (tertiary alicyclic amines) is 1. The first-order valence-electron chi connectivity index (χ1n) is 8.45. The van der Waals surface area contributed by atoms with E-state index in [-0.39, 0.29) is 24.4 Å². The van der Waals surface area contributed by atoms with Crippen molar-refractivity contribution in [1.29, 1.82) is 0 Å². The maximum absolute atomic E-state index is 11.6. The van der Waals surface area contributed by atoms with Gasteiger partial charge in [-0.25, -0.2) is 0 Å². The first-order chi connectivity index (χ1) is 11.6. The second-order valence-electron chi connectivity index (χ2n) is 6.23. The summed E-state index contributed by atoms with van der Waals surface area (Å²) in [6, 6.07) is 5.97. The molecule has 1 aromatic carbocycles. The molecule has 1 fully saturated rings. The third-order valence-electron chi connectivity index (χ3n) is 4.54. The van der Waals surface area contributed by atoms with Gasteiger partial charge in [-0.15, -0.1) is 12.4 Å². The summed E-state index contributed by atoms with van der Waals surface area (Å²) in [5.41, 5.74) is 1.07. The third-order valence-corrected chi connectivity index (χ3v) is 4.54. The van der Waals surface area contributed by atoms with Gasteiger partial charge in [0.25, 0.3) is 0 Å². The van der Waals surface area contributed by atoms with Gasteiger partial charge in [-0.3, -0.25) is 9.69 Å². The minimum Gasteiger partial charge on any atom is -0.493 e. The molecule has 0 unspecified atom stereocenters. The van der Waals surface area contributed by atoms with Crippen molar-refractivity contribution < 1.29 is 19.4 Å². The number of aliphatic hydroxyl groups excluding tert-OH is 1. The lowest BCUT2D eigenvalue weighted by atomic mass is 9.98. The van der Waals surface area contributed by atoms with Crippen LogP contribution in [0.15, 0.2) is 18.2 Å². The van der Waals surface area contributed by atoms with Gasteiger partial charge in [0.15, 0.2) is 11.5 Å². The first-order valence-corrected chi connectivity index (χ1v) is 8.45. The Balaban J connectivity index is 0.00000312. The number of nitrogens with zero attached hydrogens (tertiary/aromatic N) is 1. The number of benzene rings is 1. The van der Waals surface area contributed by atoms with Crippen molar-refractivity contribution in [3.63, 3.8) is 0 Å². The summed E-state index contributed by atoms with van der Waals surface area (Å²) in [5.74, 6) is 1.59. The number of nitrogens with one attached hydrogen (secondary N) is 1. The van der Waals surface area contributed by atoms with E-state index in [0.717, 1.165) is 49.5 Å². The van der Waals surface area contributed by atoms with E-state index < -0.39 is 6.61 Å². The first kappa shape index (κ1) is 21.5. The summed E-state index contributed by atoms with van der Waals surface area (Å²) >= 11 is 0. The molecule has 2 rings (SSSR count). The Morgan fingerprint density at radius 2 is 2.08 bits per heavy atom. The van der Waals surface area contributed by atoms with Gasteiger partial charge in [0.05, 0.1) is 14.2 Å². The SMILES string of the molecule is CCC[C@H]1CN(Cc2cccc(OC)c2OC)C[C@@H]1NC(=O)CO.Cl. The fourth-order valence-electron chi connectivity index (χ4n) is 3.49. The number of carbonyl (C=O) groups is 1. The molecule has 1 aromatic rings. The zero-order valence-corrected chi connectivity index (χ0v) is 16.0. The molecule has 0 aromatic heterocycles. The smallest absolute Gasteiger partial charge is 0.245 e. The van der Waals surface area contributed by atoms with Crippen LogP contribution in [0, 0.1) is 5.92 Å². The number of aliphatic hydroxyl groups is 1. The highest BCUT2D eigenvalue weighted by atomic mass is 35.5. The molecule has 2 atom stereocenters. The van der Waals surface area contributed by atoms with E-state index >= 15 is 0 Å². The largest absolute Gasteiger partial charge is 0.493 e. The van der Waals surface area contributed by atoms with E-state index in [1.165, 1.54) is 0 Å². The Labute approximate surface area is 155 Å². The molecule has 0 aliphatic carbocycles. The number of para-hydroxylation sites is 1. The topological polar surface area (TPSA) is 71.0 Å². The predicted molar refractivity (Wildman–Crippen MR) is 99.5 cm³/mol. The van der Waals surface area contributed by atoms with Gasteiger partial charge in [0, 0.05) is 31.2 Å². The summed E-state index contributed by atoms with van der Waals surface area (Å²) in [7, 11) is 3.28. The molecule has 0 bridgehead atoms. The highest BCUT2D eigenvalue weighted by molar-refractivity contribution is 5.85. The van der Waals surface area contributed by atoms with Crippen molar-refractivity contribution in [2.45, 2.75) is 32.4 Å². The van der Waals surface area contributed by atoms with Gasteiger partial charge < -0.3 is 19.9 Å². The van der Waals surface area contributed by atoms with Crippen LogP contribution in [-0.2, 0) is 11.3 Å². The highest BCUT2D eigenvalue weighted by Gasteiger charge is 2.33. The fourth-order valence-corrected chi connectivity index (χ4v) is 3.49. The monoisotopic (exact) mass is 372 g/mol. The maximum atomic E-state index is 11.6. The average Bonchev–Trinajstić information content (AvgIpc) is 2.95. The second kappa shape index (κ2) is 10.5. The lowest BCUT2D eigenvalue weighted by Crippen LogP contribution is -2.41. The summed E-state index contributed by atoms with van der Waals surface area (Å²) in [6.45, 7) is 4.13. The van der Waals surface area contributed by atoms with Gasteiger partial charge in [0.1, 0.15) is 6.61 Å². The number of hydrogen-bond acceptors (Lipinski definition) is 5. The summed E-state index contributed by atoms with van der Waals surface area (Å²) < 4.78 is 10.9. The molecule has 1 saturated heterocycles. The van der Waals surface area contributed by atoms with Gasteiger partial charge in [-0.1, -0.05) is 25.5 Å². The number of halogens is 1. The number of hydrogen-bond donors (Lipinski definition) is 2. The van der Waals surface area contributed by atoms with Crippen molar-refractivity contribution in [3.8, 4) is 11.5 Å². The molecule has 142 valence electrons. The Morgan fingerprint density at radius 1 is 1.32 bits per heavy atom. The predicted octanol–water partition coefficient (Wildman–Crippen LogP) is 1.83. The standard InChI is InChI=1S/C18H28N2O4.ClH/c1-4-6-13-9-20(11-15(13)19-17(22)12-21)10-14-7-5-8-16(23-2)18(14)24-3;/h5,7-8,13,15,21H,4,6,9-12H2,1-3H3,(H,19,22);1H/t13-,15-;/m0./s1. The van der Waals surface area contributed by atoms with E-state index in [2.05, 4.69) is 17.1 Å². The third kappa shape index (κ3) is 5.49. The fraction of sp³-hybridized carbons (Fsp3) is 0.611. The number of amides is 1. The molecule has 7 heteroatoms. The van der Waals surface area contributed by atoms with Crippen LogP contribution in [-0.4, -0.2) is 55.9 Å². The van der Waals surface area contributed by atoms with Crippen molar-refractivity contribution >= 4 is 18.3 Å².